The number of azo groups is 1. The number of phenolic OH excluding ortho intramolecular Hbond substituents is 1. The minimum atomic E-state index is -5.24. The number of rotatable bonds is 12. The Morgan fingerprint density at radius 3 is 2.20 bits per heavy atom. The van der Waals surface area contributed by atoms with E-state index in [1.54, 1.807) is 18.2 Å². The van der Waals surface area contributed by atoms with Gasteiger partial charge in [-0.1, -0.05) is 43.7 Å². The number of hydrogen-bond donors (Lipinski definition) is 5. The van der Waals surface area contributed by atoms with Gasteiger partial charge in [0.25, 0.3) is 26.1 Å². The lowest BCUT2D eigenvalue weighted by Gasteiger charge is -2.15. The molecule has 16 nitrogen and oxygen atoms in total. The number of carbonyl (C=O) groups is 1. The minimum absolute atomic E-state index is 0.0898. The number of sulfone groups is 1. The molecule has 1 unspecified atom stereocenters. The molecule has 0 spiro atoms. The molecule has 0 aliphatic heterocycles. The van der Waals surface area contributed by atoms with Crippen molar-refractivity contribution >= 4 is 85.9 Å². The molecule has 0 saturated carbocycles. The maximum atomic E-state index is 13.1. The molecule has 5 N–H and O–H groups in total. The van der Waals surface area contributed by atoms with Crippen LogP contribution in [0.25, 0.3) is 21.5 Å². The summed E-state index contributed by atoms with van der Waals surface area (Å²) in [5.74, 6) is -2.24. The summed E-state index contributed by atoms with van der Waals surface area (Å²) in [4.78, 5) is 11.1. The standard InChI is InChI=1S/C31H27N3O13S4/c1-2-3-13-49(39,40)22-10-11-23-19(15-22)9-12-24(30(23)51(44,45)46)33-34-28-26(50(41,42)43)16-20-14-21(47-48(37)38)17-25(27(20)29(28)35)32-31(36)18-7-5-4-6-8-18/h4-12,14-17,35H,2-3,13H2,1H3,(H,32,36)(H,37,38)(H,41,42,43)(H,44,45,46). The van der Waals surface area contributed by atoms with Gasteiger partial charge in [-0.05, 0) is 59.7 Å². The second-order valence-electron chi connectivity index (χ2n) is 10.9. The van der Waals surface area contributed by atoms with Gasteiger partial charge in [0.05, 0.1) is 16.3 Å². The number of amides is 1. The number of unbranched alkanes of at least 4 members (excludes halogenated alkanes) is 1. The topological polar surface area (TPSA) is 263 Å². The van der Waals surface area contributed by atoms with Gasteiger partial charge in [0.1, 0.15) is 26.9 Å². The predicted octanol–water partition coefficient (Wildman–Crippen LogP) is 5.95. The number of nitrogens with zero attached hydrogens (tertiary/aromatic N) is 2. The van der Waals surface area contributed by atoms with E-state index in [0.717, 1.165) is 36.4 Å². The summed E-state index contributed by atoms with van der Waals surface area (Å²) in [5.41, 5.74) is -1.62. The molecular formula is C31H27N3O13S4. The molecule has 5 aromatic rings. The monoisotopic (exact) mass is 777 g/mol. The van der Waals surface area contributed by atoms with Crippen LogP contribution in [0, 0.1) is 0 Å². The molecule has 0 aromatic heterocycles. The van der Waals surface area contributed by atoms with E-state index in [-0.39, 0.29) is 49.2 Å². The molecule has 1 atom stereocenters. The second-order valence-corrected chi connectivity index (χ2v) is 16.3. The van der Waals surface area contributed by atoms with Gasteiger partial charge in [-0.2, -0.15) is 21.0 Å². The zero-order chi connectivity index (χ0) is 37.3. The smallest absolute Gasteiger partial charge is 0.357 e. The van der Waals surface area contributed by atoms with Crippen molar-refractivity contribution in [1.82, 2.24) is 0 Å². The van der Waals surface area contributed by atoms with Crippen molar-refractivity contribution in [3.8, 4) is 11.5 Å². The lowest BCUT2D eigenvalue weighted by Crippen LogP contribution is -2.12. The van der Waals surface area contributed by atoms with Crippen LogP contribution in [-0.2, 0) is 41.4 Å². The summed E-state index contributed by atoms with van der Waals surface area (Å²) < 4.78 is 121. The summed E-state index contributed by atoms with van der Waals surface area (Å²) in [6, 6.07) is 16.4. The Balaban J connectivity index is 1.72. The van der Waals surface area contributed by atoms with Crippen molar-refractivity contribution < 1.29 is 57.2 Å². The number of hydrogen-bond acceptors (Lipinski definition) is 12. The van der Waals surface area contributed by atoms with E-state index in [2.05, 4.69) is 15.5 Å². The maximum Gasteiger partial charge on any atom is 0.357 e. The third-order valence-electron chi connectivity index (χ3n) is 7.42. The minimum Gasteiger partial charge on any atom is -0.505 e. The van der Waals surface area contributed by atoms with Crippen molar-refractivity contribution in [3.05, 3.63) is 84.4 Å². The van der Waals surface area contributed by atoms with Gasteiger partial charge in [0.2, 0.25) is 0 Å². The van der Waals surface area contributed by atoms with Crippen LogP contribution in [0.1, 0.15) is 30.1 Å². The molecule has 0 aliphatic carbocycles. The van der Waals surface area contributed by atoms with Crippen LogP contribution in [0.15, 0.2) is 104 Å². The molecule has 0 aliphatic rings. The first-order valence-electron chi connectivity index (χ1n) is 14.6. The van der Waals surface area contributed by atoms with Crippen LogP contribution >= 0.6 is 0 Å². The number of nitrogens with one attached hydrogen (secondary N) is 1. The van der Waals surface area contributed by atoms with Gasteiger partial charge in [-0.3, -0.25) is 18.5 Å². The lowest BCUT2D eigenvalue weighted by molar-refractivity contribution is 0.102. The SMILES string of the molecule is CCCCS(=O)(=O)c1ccc2c(S(=O)(=O)O)c(N=Nc3c(S(=O)(=O)O)cc4cc(OS(=O)O)cc(NC(=O)c5ccccc5)c4c3O)ccc2c1. The first-order valence-corrected chi connectivity index (χ1v) is 20.1. The molecule has 0 saturated heterocycles. The predicted molar refractivity (Wildman–Crippen MR) is 186 cm³/mol. The number of phenols is 1. The Labute approximate surface area is 293 Å². The highest BCUT2D eigenvalue weighted by atomic mass is 32.2. The molecule has 0 radical (unpaired) electrons. The van der Waals surface area contributed by atoms with Crippen LogP contribution in [-0.4, -0.2) is 59.9 Å². The first kappa shape index (κ1) is 37.4. The van der Waals surface area contributed by atoms with Gasteiger partial charge in [-0.25, -0.2) is 8.42 Å². The average molecular weight is 778 g/mol. The molecule has 0 bridgehead atoms. The summed E-state index contributed by atoms with van der Waals surface area (Å²) in [7, 11) is -14.1. The van der Waals surface area contributed by atoms with Crippen molar-refractivity contribution in [2.75, 3.05) is 11.1 Å². The van der Waals surface area contributed by atoms with Crippen LogP contribution < -0.4 is 9.50 Å². The highest BCUT2D eigenvalue weighted by Crippen LogP contribution is 2.46. The lowest BCUT2D eigenvalue weighted by atomic mass is 10.0. The quantitative estimate of drug-likeness (QED) is 0.0558. The van der Waals surface area contributed by atoms with Crippen molar-refractivity contribution in [3.63, 3.8) is 0 Å². The summed E-state index contributed by atoms with van der Waals surface area (Å²) >= 11 is -2.88. The van der Waals surface area contributed by atoms with E-state index in [4.69, 9.17) is 4.18 Å². The third kappa shape index (κ3) is 8.22. The molecule has 0 fully saturated rings. The summed E-state index contributed by atoms with van der Waals surface area (Å²) in [6.07, 6.45) is 1.01. The van der Waals surface area contributed by atoms with Crippen LogP contribution in [0.5, 0.6) is 11.5 Å². The molecule has 51 heavy (non-hydrogen) atoms. The summed E-state index contributed by atoms with van der Waals surface area (Å²) in [5, 5.41) is 20.8. The summed E-state index contributed by atoms with van der Waals surface area (Å²) in [6.45, 7) is 1.82. The number of aromatic hydroxyl groups is 1. The molecule has 268 valence electrons. The van der Waals surface area contributed by atoms with Gasteiger partial charge in [0, 0.05) is 22.4 Å². The van der Waals surface area contributed by atoms with Crippen molar-refractivity contribution in [2.45, 2.75) is 34.5 Å². The Kier molecular flexibility index (Phi) is 10.6. The Morgan fingerprint density at radius 1 is 0.863 bits per heavy atom. The highest BCUT2D eigenvalue weighted by molar-refractivity contribution is 7.91. The normalized spacial score (nSPS) is 13.1. The van der Waals surface area contributed by atoms with Crippen LogP contribution in [0.4, 0.5) is 17.1 Å². The molecule has 1 amide bonds. The Hall–Kier alpha value is -4.83. The average Bonchev–Trinajstić information content (AvgIpc) is 3.05. The fourth-order valence-corrected chi connectivity index (χ4v) is 8.38. The molecule has 0 heterocycles. The maximum absolute atomic E-state index is 13.1. The zero-order valence-corrected chi connectivity index (χ0v) is 29.4. The highest BCUT2D eigenvalue weighted by Gasteiger charge is 2.27. The molecule has 5 rings (SSSR count). The molecule has 20 heteroatoms. The van der Waals surface area contributed by atoms with E-state index in [0.29, 0.717) is 12.8 Å². The van der Waals surface area contributed by atoms with Crippen molar-refractivity contribution in [2.24, 2.45) is 10.2 Å². The zero-order valence-electron chi connectivity index (χ0n) is 26.1. The fraction of sp³-hybridized carbons (Fsp3) is 0.129. The number of carbonyl (C=O) groups excluding carboxylic acids is 1. The Morgan fingerprint density at radius 2 is 1.57 bits per heavy atom. The van der Waals surface area contributed by atoms with E-state index in [1.807, 2.05) is 6.92 Å². The van der Waals surface area contributed by atoms with E-state index >= 15 is 0 Å². The Bertz CT molecular complexity index is 2600. The van der Waals surface area contributed by atoms with Gasteiger partial charge in [-0.15, -0.1) is 10.2 Å². The van der Waals surface area contributed by atoms with Gasteiger partial charge in [0.15, 0.2) is 15.6 Å². The second kappa shape index (κ2) is 14.4. The third-order valence-corrected chi connectivity index (χ3v) is 11.4. The van der Waals surface area contributed by atoms with E-state index in [1.165, 1.54) is 24.3 Å². The fourth-order valence-electron chi connectivity index (χ4n) is 5.13. The van der Waals surface area contributed by atoms with Gasteiger partial charge < -0.3 is 14.6 Å². The first-order chi connectivity index (χ1) is 23.9. The molecule has 5 aromatic carbocycles. The van der Waals surface area contributed by atoms with Crippen LogP contribution in [0.3, 0.4) is 0 Å². The number of fused-ring (bicyclic) bond motifs is 2. The largest absolute Gasteiger partial charge is 0.505 e. The number of benzene rings is 5. The van der Waals surface area contributed by atoms with E-state index in [9.17, 15) is 53.0 Å². The van der Waals surface area contributed by atoms with Crippen molar-refractivity contribution in [1.29, 1.82) is 0 Å². The van der Waals surface area contributed by atoms with E-state index < -0.39 is 74.3 Å². The molecular weight excluding hydrogens is 751 g/mol. The van der Waals surface area contributed by atoms with Gasteiger partial charge >= 0.3 is 11.4 Å². The number of anilines is 1. The van der Waals surface area contributed by atoms with Crippen LogP contribution in [0.2, 0.25) is 0 Å².